The Bertz CT molecular complexity index is 1200. The van der Waals surface area contributed by atoms with Gasteiger partial charge in [-0.3, -0.25) is 9.69 Å². The zero-order valence-electron chi connectivity index (χ0n) is 18.4. The molecule has 0 aliphatic rings. The largest absolute Gasteiger partial charge is 0.493 e. The maximum Gasteiger partial charge on any atom is 0.260 e. The van der Waals surface area contributed by atoms with Crippen molar-refractivity contribution in [3.63, 3.8) is 0 Å². The molecule has 0 atom stereocenters. The Kier molecular flexibility index (Phi) is 6.70. The highest BCUT2D eigenvalue weighted by Crippen LogP contribution is 2.33. The fraction of sp³-hybridized carbons (Fsp3) is 0.292. The number of hydrogen-bond donors (Lipinski definition) is 0. The molecule has 4 rings (SSSR count). The van der Waals surface area contributed by atoms with Gasteiger partial charge in [-0.2, -0.15) is 0 Å². The van der Waals surface area contributed by atoms with E-state index in [2.05, 4.69) is 24.0 Å². The number of thiazole rings is 1. The van der Waals surface area contributed by atoms with E-state index >= 15 is 0 Å². The Labute approximate surface area is 191 Å². The molecular formula is C24H26N4O3S. The average Bonchev–Trinajstić information content (AvgIpc) is 3.50. The van der Waals surface area contributed by atoms with Crippen molar-refractivity contribution in [2.45, 2.75) is 26.3 Å². The van der Waals surface area contributed by atoms with Crippen LogP contribution in [0.1, 0.15) is 29.3 Å². The van der Waals surface area contributed by atoms with Crippen molar-refractivity contribution in [3.05, 3.63) is 66.2 Å². The predicted octanol–water partition coefficient (Wildman–Crippen LogP) is 4.81. The predicted molar refractivity (Wildman–Crippen MR) is 127 cm³/mol. The maximum atomic E-state index is 13.6. The molecule has 0 spiro atoms. The van der Waals surface area contributed by atoms with Gasteiger partial charge in [0.05, 0.1) is 30.8 Å². The summed E-state index contributed by atoms with van der Waals surface area (Å²) in [7, 11) is 3.14. The van der Waals surface area contributed by atoms with Gasteiger partial charge in [0.2, 0.25) is 0 Å². The lowest BCUT2D eigenvalue weighted by molar-refractivity contribution is 0.0986. The standard InChI is InChI=1S/C24H26N4O3S/c1-4-17-6-8-19-22(14-17)32-24(26-19)28(12-5-11-27-13-10-25-16-27)23(29)18-7-9-20(30-2)21(15-18)31-3/h6-10,13-16H,4-5,11-12H2,1-3H3. The van der Waals surface area contributed by atoms with Crippen LogP contribution in [0.2, 0.25) is 0 Å². The number of rotatable bonds is 9. The first-order valence-electron chi connectivity index (χ1n) is 10.5. The summed E-state index contributed by atoms with van der Waals surface area (Å²) in [5.74, 6) is 0.989. The van der Waals surface area contributed by atoms with Crippen LogP contribution in [0.3, 0.4) is 0 Å². The van der Waals surface area contributed by atoms with Crippen molar-refractivity contribution in [1.29, 1.82) is 0 Å². The Morgan fingerprint density at radius 3 is 2.69 bits per heavy atom. The molecule has 7 nitrogen and oxygen atoms in total. The molecule has 0 N–H and O–H groups in total. The molecule has 8 heteroatoms. The first kappa shape index (κ1) is 21.8. The summed E-state index contributed by atoms with van der Waals surface area (Å²) < 4.78 is 13.8. The van der Waals surface area contributed by atoms with E-state index in [1.165, 1.54) is 5.56 Å². The van der Waals surface area contributed by atoms with E-state index in [0.29, 0.717) is 28.7 Å². The van der Waals surface area contributed by atoms with Crippen LogP contribution in [0.4, 0.5) is 5.13 Å². The van der Waals surface area contributed by atoms with Crippen LogP contribution in [0.5, 0.6) is 11.5 Å². The molecule has 0 bridgehead atoms. The fourth-order valence-electron chi connectivity index (χ4n) is 3.53. The van der Waals surface area contributed by atoms with Gasteiger partial charge in [-0.1, -0.05) is 24.3 Å². The van der Waals surface area contributed by atoms with Gasteiger partial charge < -0.3 is 14.0 Å². The number of aromatic nitrogens is 3. The number of benzene rings is 2. The zero-order valence-corrected chi connectivity index (χ0v) is 19.3. The first-order valence-corrected chi connectivity index (χ1v) is 11.3. The van der Waals surface area contributed by atoms with Gasteiger partial charge in [-0.15, -0.1) is 0 Å². The van der Waals surface area contributed by atoms with Crippen LogP contribution >= 0.6 is 11.3 Å². The van der Waals surface area contributed by atoms with Gasteiger partial charge in [0, 0.05) is 31.0 Å². The van der Waals surface area contributed by atoms with Gasteiger partial charge in [0.15, 0.2) is 16.6 Å². The minimum Gasteiger partial charge on any atom is -0.493 e. The van der Waals surface area contributed by atoms with Crippen LogP contribution in [0.15, 0.2) is 55.1 Å². The Morgan fingerprint density at radius 2 is 1.97 bits per heavy atom. The molecule has 0 unspecified atom stereocenters. The topological polar surface area (TPSA) is 69.5 Å². The maximum absolute atomic E-state index is 13.6. The highest BCUT2D eigenvalue weighted by molar-refractivity contribution is 7.22. The summed E-state index contributed by atoms with van der Waals surface area (Å²) in [6.45, 7) is 3.43. The Morgan fingerprint density at radius 1 is 1.12 bits per heavy atom. The molecule has 1 amide bonds. The summed E-state index contributed by atoms with van der Waals surface area (Å²) in [5.41, 5.74) is 2.69. The third-order valence-corrected chi connectivity index (χ3v) is 6.35. The highest BCUT2D eigenvalue weighted by Gasteiger charge is 2.22. The highest BCUT2D eigenvalue weighted by atomic mass is 32.1. The van der Waals surface area contributed by atoms with E-state index in [4.69, 9.17) is 14.5 Å². The van der Waals surface area contributed by atoms with Crippen molar-refractivity contribution in [2.24, 2.45) is 0 Å². The van der Waals surface area contributed by atoms with Crippen molar-refractivity contribution in [2.75, 3.05) is 25.7 Å². The molecule has 0 radical (unpaired) electrons. The quantitative estimate of drug-likeness (QED) is 0.366. The molecule has 4 aromatic rings. The van der Waals surface area contributed by atoms with E-state index < -0.39 is 0 Å². The number of carbonyl (C=O) groups excluding carboxylic acids is 1. The second kappa shape index (κ2) is 9.82. The summed E-state index contributed by atoms with van der Waals surface area (Å²) in [5, 5.41) is 0.693. The number of methoxy groups -OCH3 is 2. The minimum atomic E-state index is -0.119. The Balaban J connectivity index is 1.66. The van der Waals surface area contributed by atoms with E-state index in [-0.39, 0.29) is 5.91 Å². The third-order valence-electron chi connectivity index (χ3n) is 5.31. The SMILES string of the molecule is CCc1ccc2nc(N(CCCn3ccnc3)C(=O)c3ccc(OC)c(OC)c3)sc2c1. The lowest BCUT2D eigenvalue weighted by Crippen LogP contribution is -2.32. The van der Waals surface area contributed by atoms with E-state index in [1.807, 2.05) is 16.8 Å². The summed E-state index contributed by atoms with van der Waals surface area (Å²) in [6, 6.07) is 11.5. The van der Waals surface area contributed by atoms with Crippen LogP contribution in [0.25, 0.3) is 10.2 Å². The molecule has 0 aliphatic heterocycles. The summed E-state index contributed by atoms with van der Waals surface area (Å²) in [6.07, 6.45) is 7.19. The number of nitrogens with zero attached hydrogens (tertiary/aromatic N) is 4. The minimum absolute atomic E-state index is 0.119. The average molecular weight is 451 g/mol. The van der Waals surface area contributed by atoms with Gasteiger partial charge in [-0.25, -0.2) is 9.97 Å². The molecule has 166 valence electrons. The molecule has 2 aromatic carbocycles. The van der Waals surface area contributed by atoms with Crippen molar-refractivity contribution >= 4 is 32.6 Å². The zero-order chi connectivity index (χ0) is 22.5. The van der Waals surface area contributed by atoms with Crippen molar-refractivity contribution in [3.8, 4) is 11.5 Å². The second-order valence-corrected chi connectivity index (χ2v) is 8.34. The number of fused-ring (bicyclic) bond motifs is 1. The monoisotopic (exact) mass is 450 g/mol. The normalized spacial score (nSPS) is 11.0. The van der Waals surface area contributed by atoms with E-state index in [1.54, 1.807) is 61.2 Å². The molecule has 32 heavy (non-hydrogen) atoms. The Hall–Kier alpha value is -3.39. The van der Waals surface area contributed by atoms with Gasteiger partial charge >= 0.3 is 0 Å². The lowest BCUT2D eigenvalue weighted by atomic mass is 10.1. The van der Waals surface area contributed by atoms with E-state index in [0.717, 1.165) is 29.6 Å². The molecule has 0 saturated carbocycles. The second-order valence-electron chi connectivity index (χ2n) is 7.33. The number of amides is 1. The van der Waals surface area contributed by atoms with Crippen molar-refractivity contribution < 1.29 is 14.3 Å². The van der Waals surface area contributed by atoms with E-state index in [9.17, 15) is 4.79 Å². The molecule has 0 aliphatic carbocycles. The molecule has 0 fully saturated rings. The van der Waals surface area contributed by atoms with Crippen LogP contribution in [-0.4, -0.2) is 41.2 Å². The third kappa shape index (κ3) is 4.60. The number of hydrogen-bond acceptors (Lipinski definition) is 6. The smallest absolute Gasteiger partial charge is 0.260 e. The molecule has 2 aromatic heterocycles. The number of imidazole rings is 1. The summed E-state index contributed by atoms with van der Waals surface area (Å²) >= 11 is 1.54. The fourth-order valence-corrected chi connectivity index (χ4v) is 4.59. The first-order chi connectivity index (χ1) is 15.6. The van der Waals surface area contributed by atoms with Crippen LogP contribution in [-0.2, 0) is 13.0 Å². The van der Waals surface area contributed by atoms with Crippen LogP contribution in [0, 0.1) is 0 Å². The van der Waals surface area contributed by atoms with Gasteiger partial charge in [0.1, 0.15) is 0 Å². The summed E-state index contributed by atoms with van der Waals surface area (Å²) in [4.78, 5) is 24.2. The van der Waals surface area contributed by atoms with Gasteiger partial charge in [0.25, 0.3) is 5.91 Å². The van der Waals surface area contributed by atoms with Crippen LogP contribution < -0.4 is 14.4 Å². The molecule has 2 heterocycles. The molecule has 0 saturated heterocycles. The van der Waals surface area contributed by atoms with Gasteiger partial charge in [-0.05, 0) is 48.7 Å². The number of aryl methyl sites for hydroxylation is 2. The molecular weight excluding hydrogens is 424 g/mol. The number of carbonyl (C=O) groups is 1. The van der Waals surface area contributed by atoms with Crippen molar-refractivity contribution in [1.82, 2.24) is 14.5 Å². The number of anilines is 1. The lowest BCUT2D eigenvalue weighted by Gasteiger charge is -2.20. The number of ether oxygens (including phenoxy) is 2.